The highest BCUT2D eigenvalue weighted by Gasteiger charge is 2.56. The summed E-state index contributed by atoms with van der Waals surface area (Å²) in [6, 6.07) is 0. The van der Waals surface area contributed by atoms with Crippen LogP contribution in [0.5, 0.6) is 0 Å². The van der Waals surface area contributed by atoms with Crippen LogP contribution in [0.1, 0.15) is 12.8 Å². The van der Waals surface area contributed by atoms with E-state index in [4.69, 9.17) is 33.2 Å². The molecule has 0 saturated carbocycles. The van der Waals surface area contributed by atoms with E-state index in [2.05, 4.69) is 0 Å². The van der Waals surface area contributed by atoms with E-state index < -0.39 is 24.6 Å². The van der Waals surface area contributed by atoms with Crippen molar-refractivity contribution in [3.05, 3.63) is 0 Å². The molecule has 9 atom stereocenters. The Bertz CT molecular complexity index is 449. The molecule has 8 nitrogen and oxygen atoms in total. The second-order valence-corrected chi connectivity index (χ2v) is 7.19. The van der Waals surface area contributed by atoms with E-state index in [9.17, 15) is 5.11 Å². The predicted molar refractivity (Wildman–Crippen MR) is 76.9 cm³/mol. The molecule has 0 aromatic heterocycles. The second-order valence-electron chi connectivity index (χ2n) is 7.19. The zero-order chi connectivity index (χ0) is 16.1. The summed E-state index contributed by atoms with van der Waals surface area (Å²) in [6.45, 7) is 3.18. The molecule has 136 valence electrons. The smallest absolute Gasteiger partial charge is 0.190 e. The SMILES string of the molecule is OC1C(C2COC(C3CCOC3)O2)OC2OC(C3CCOC3)OC21. The predicted octanol–water partition coefficient (Wildman–Crippen LogP) is -0.372. The van der Waals surface area contributed by atoms with Gasteiger partial charge >= 0.3 is 0 Å². The quantitative estimate of drug-likeness (QED) is 0.742. The fraction of sp³-hybridized carbons (Fsp3) is 1.00. The minimum absolute atomic E-state index is 0.211. The van der Waals surface area contributed by atoms with Gasteiger partial charge in [-0.2, -0.15) is 0 Å². The van der Waals surface area contributed by atoms with Gasteiger partial charge in [0.15, 0.2) is 18.9 Å². The largest absolute Gasteiger partial charge is 0.387 e. The Hall–Kier alpha value is -0.320. The third kappa shape index (κ3) is 2.69. The third-order valence-corrected chi connectivity index (χ3v) is 5.59. The van der Waals surface area contributed by atoms with E-state index in [1.807, 2.05) is 0 Å². The lowest BCUT2D eigenvalue weighted by molar-refractivity contribution is -0.205. The van der Waals surface area contributed by atoms with Crippen molar-refractivity contribution in [3.8, 4) is 0 Å². The minimum Gasteiger partial charge on any atom is -0.387 e. The lowest BCUT2D eigenvalue weighted by Crippen LogP contribution is -2.42. The van der Waals surface area contributed by atoms with Gasteiger partial charge in [0.25, 0.3) is 0 Å². The highest BCUT2D eigenvalue weighted by atomic mass is 16.8. The molecule has 0 aliphatic carbocycles. The highest BCUT2D eigenvalue weighted by Crippen LogP contribution is 2.39. The summed E-state index contributed by atoms with van der Waals surface area (Å²) in [7, 11) is 0. The molecule has 0 amide bonds. The summed E-state index contributed by atoms with van der Waals surface area (Å²) in [5.74, 6) is 0.468. The number of hydrogen-bond donors (Lipinski definition) is 1. The van der Waals surface area contributed by atoms with Crippen LogP contribution in [0.25, 0.3) is 0 Å². The Morgan fingerprint density at radius 2 is 1.38 bits per heavy atom. The summed E-state index contributed by atoms with van der Waals surface area (Å²) >= 11 is 0. The van der Waals surface area contributed by atoms with Crippen molar-refractivity contribution in [2.45, 2.75) is 56.1 Å². The van der Waals surface area contributed by atoms with E-state index in [0.29, 0.717) is 19.8 Å². The van der Waals surface area contributed by atoms with Gasteiger partial charge < -0.3 is 38.3 Å². The van der Waals surface area contributed by atoms with Crippen LogP contribution in [0.4, 0.5) is 0 Å². The van der Waals surface area contributed by atoms with Crippen molar-refractivity contribution in [1.82, 2.24) is 0 Å². The molecular formula is C16H24O8. The molecule has 5 fully saturated rings. The fourth-order valence-corrected chi connectivity index (χ4v) is 4.16. The van der Waals surface area contributed by atoms with Crippen molar-refractivity contribution in [2.75, 3.05) is 33.0 Å². The second kappa shape index (κ2) is 6.44. The molecule has 9 unspecified atom stereocenters. The van der Waals surface area contributed by atoms with Gasteiger partial charge in [-0.3, -0.25) is 0 Å². The van der Waals surface area contributed by atoms with Gasteiger partial charge in [0, 0.05) is 25.0 Å². The van der Waals surface area contributed by atoms with Crippen LogP contribution >= 0.6 is 0 Å². The number of aliphatic hydroxyl groups is 1. The van der Waals surface area contributed by atoms with Crippen molar-refractivity contribution in [1.29, 1.82) is 0 Å². The van der Waals surface area contributed by atoms with Crippen molar-refractivity contribution in [3.63, 3.8) is 0 Å². The number of aliphatic hydroxyl groups excluding tert-OH is 1. The summed E-state index contributed by atoms with van der Waals surface area (Å²) in [6.07, 6.45) is -1.39. The van der Waals surface area contributed by atoms with Crippen molar-refractivity contribution in [2.24, 2.45) is 11.8 Å². The number of hydrogen-bond acceptors (Lipinski definition) is 8. The summed E-state index contributed by atoms with van der Waals surface area (Å²) in [5.41, 5.74) is 0. The molecule has 0 aromatic carbocycles. The van der Waals surface area contributed by atoms with Gasteiger partial charge in [0.2, 0.25) is 0 Å². The lowest BCUT2D eigenvalue weighted by Gasteiger charge is -2.25. The molecule has 5 rings (SSSR count). The first-order chi connectivity index (χ1) is 11.8. The Morgan fingerprint density at radius 3 is 2.04 bits per heavy atom. The van der Waals surface area contributed by atoms with Crippen LogP contribution in [-0.2, 0) is 33.2 Å². The zero-order valence-corrected chi connectivity index (χ0v) is 13.5. The van der Waals surface area contributed by atoms with E-state index in [-0.39, 0.29) is 30.5 Å². The first kappa shape index (κ1) is 15.9. The molecule has 1 N–H and O–H groups in total. The molecule has 8 heteroatoms. The first-order valence-corrected chi connectivity index (χ1v) is 8.86. The molecule has 0 bridgehead atoms. The van der Waals surface area contributed by atoms with E-state index in [1.165, 1.54) is 0 Å². The maximum Gasteiger partial charge on any atom is 0.190 e. The maximum atomic E-state index is 10.6. The van der Waals surface area contributed by atoms with E-state index >= 15 is 0 Å². The van der Waals surface area contributed by atoms with Gasteiger partial charge in [-0.05, 0) is 12.8 Å². The minimum atomic E-state index is -0.783. The molecule has 5 heterocycles. The monoisotopic (exact) mass is 344 g/mol. The number of rotatable bonds is 3. The summed E-state index contributed by atoms with van der Waals surface area (Å²) in [5, 5.41) is 10.6. The number of ether oxygens (including phenoxy) is 7. The molecule has 0 aromatic rings. The Kier molecular flexibility index (Phi) is 4.27. The normalized spacial score (nSPS) is 54.6. The standard InChI is InChI=1S/C16H24O8/c17-11-12(10-7-20-14(21-10)8-1-3-18-5-8)22-16-13(11)23-15(24-16)9-2-4-19-6-9/h8-17H,1-7H2. The lowest BCUT2D eigenvalue weighted by atomic mass is 10.1. The highest BCUT2D eigenvalue weighted by molar-refractivity contribution is 4.97. The van der Waals surface area contributed by atoms with Crippen LogP contribution in [0.3, 0.4) is 0 Å². The molecule has 0 radical (unpaired) electrons. The van der Waals surface area contributed by atoms with Crippen LogP contribution < -0.4 is 0 Å². The van der Waals surface area contributed by atoms with Crippen LogP contribution in [0.2, 0.25) is 0 Å². The Balaban J connectivity index is 1.18. The van der Waals surface area contributed by atoms with Crippen LogP contribution in [-0.4, -0.2) is 81.4 Å². The van der Waals surface area contributed by atoms with Crippen molar-refractivity contribution < 1.29 is 38.3 Å². The van der Waals surface area contributed by atoms with Crippen LogP contribution in [0.15, 0.2) is 0 Å². The van der Waals surface area contributed by atoms with Crippen molar-refractivity contribution >= 4 is 0 Å². The van der Waals surface area contributed by atoms with Gasteiger partial charge in [0.1, 0.15) is 24.4 Å². The van der Waals surface area contributed by atoms with Crippen LogP contribution in [0, 0.1) is 11.8 Å². The average molecular weight is 344 g/mol. The van der Waals surface area contributed by atoms with Gasteiger partial charge in [-0.25, -0.2) is 0 Å². The molecular weight excluding hydrogens is 320 g/mol. The van der Waals surface area contributed by atoms with E-state index in [0.717, 1.165) is 26.1 Å². The fourth-order valence-electron chi connectivity index (χ4n) is 4.16. The Morgan fingerprint density at radius 1 is 0.667 bits per heavy atom. The van der Waals surface area contributed by atoms with Gasteiger partial charge in [0.05, 0.1) is 19.8 Å². The molecule has 5 aliphatic rings. The average Bonchev–Trinajstić information content (AvgIpc) is 3.38. The first-order valence-electron chi connectivity index (χ1n) is 8.86. The maximum absolute atomic E-state index is 10.6. The zero-order valence-electron chi connectivity index (χ0n) is 13.5. The summed E-state index contributed by atoms with van der Waals surface area (Å²) in [4.78, 5) is 0. The topological polar surface area (TPSA) is 84.8 Å². The third-order valence-electron chi connectivity index (χ3n) is 5.59. The van der Waals surface area contributed by atoms with Gasteiger partial charge in [-0.1, -0.05) is 0 Å². The molecule has 24 heavy (non-hydrogen) atoms. The Labute approximate surface area is 140 Å². The van der Waals surface area contributed by atoms with E-state index in [1.54, 1.807) is 0 Å². The molecule has 5 aliphatic heterocycles. The summed E-state index contributed by atoms with van der Waals surface area (Å²) < 4.78 is 40.1. The molecule has 5 saturated heterocycles. The number of fused-ring (bicyclic) bond motifs is 1. The molecule has 0 spiro atoms. The van der Waals surface area contributed by atoms with Gasteiger partial charge in [-0.15, -0.1) is 0 Å².